The van der Waals surface area contributed by atoms with Crippen LogP contribution in [-0.2, 0) is 6.54 Å². The summed E-state index contributed by atoms with van der Waals surface area (Å²) in [4.78, 5) is 13.6. The predicted molar refractivity (Wildman–Crippen MR) is 116 cm³/mol. The highest BCUT2D eigenvalue weighted by Crippen LogP contribution is 2.28. The Bertz CT molecular complexity index is 1150. The van der Waals surface area contributed by atoms with Gasteiger partial charge in [0, 0.05) is 56.0 Å². The molecule has 1 saturated heterocycles. The van der Waals surface area contributed by atoms with E-state index < -0.39 is 0 Å². The standard InChI is InChI=1S/C23H25N7/c1-17-4-3-5-20(25-17)15-29-13-12-28(2)22(16-29)23-21-7-6-19(14-30(21)27-26-23)18-8-10-24-11-9-18/h3-11,14,22H,12-13,15-16H2,1-2H3/t22-/m0/s1. The van der Waals surface area contributed by atoms with Crippen LogP contribution < -0.4 is 0 Å². The zero-order valence-electron chi connectivity index (χ0n) is 17.3. The number of aromatic nitrogens is 5. The van der Waals surface area contributed by atoms with Crippen LogP contribution in [0.2, 0.25) is 0 Å². The molecule has 1 aliphatic rings. The Hall–Kier alpha value is -3.16. The highest BCUT2D eigenvalue weighted by atomic mass is 15.4. The number of nitrogens with zero attached hydrogens (tertiary/aromatic N) is 7. The van der Waals surface area contributed by atoms with Crippen LogP contribution in [0.25, 0.3) is 16.6 Å². The van der Waals surface area contributed by atoms with Crippen LogP contribution in [0.5, 0.6) is 0 Å². The van der Waals surface area contributed by atoms with Crippen molar-refractivity contribution in [3.63, 3.8) is 0 Å². The molecule has 152 valence electrons. The molecule has 7 nitrogen and oxygen atoms in total. The van der Waals surface area contributed by atoms with Gasteiger partial charge in [0.25, 0.3) is 0 Å². The van der Waals surface area contributed by atoms with Crippen molar-refractivity contribution in [3.05, 3.63) is 78.1 Å². The number of hydrogen-bond donors (Lipinski definition) is 0. The minimum atomic E-state index is 0.202. The third-order valence-corrected chi connectivity index (χ3v) is 5.83. The average Bonchev–Trinajstić information content (AvgIpc) is 3.19. The van der Waals surface area contributed by atoms with Crippen LogP contribution in [0.4, 0.5) is 0 Å². The third kappa shape index (κ3) is 3.69. The molecule has 0 radical (unpaired) electrons. The molecule has 30 heavy (non-hydrogen) atoms. The van der Waals surface area contributed by atoms with Crippen molar-refractivity contribution in [1.29, 1.82) is 0 Å². The van der Waals surface area contributed by atoms with Gasteiger partial charge in [0.1, 0.15) is 5.69 Å². The molecule has 0 spiro atoms. The molecule has 0 saturated carbocycles. The largest absolute Gasteiger partial charge is 0.295 e. The van der Waals surface area contributed by atoms with E-state index in [2.05, 4.69) is 61.4 Å². The number of pyridine rings is 3. The molecule has 0 N–H and O–H groups in total. The summed E-state index contributed by atoms with van der Waals surface area (Å²) < 4.78 is 1.89. The first-order chi connectivity index (χ1) is 14.7. The lowest BCUT2D eigenvalue weighted by molar-refractivity contribution is 0.0880. The van der Waals surface area contributed by atoms with Crippen molar-refractivity contribution in [1.82, 2.24) is 34.6 Å². The Morgan fingerprint density at radius 2 is 1.87 bits per heavy atom. The third-order valence-electron chi connectivity index (χ3n) is 5.83. The Balaban J connectivity index is 1.40. The molecule has 0 bridgehead atoms. The van der Waals surface area contributed by atoms with E-state index in [4.69, 9.17) is 0 Å². The Labute approximate surface area is 176 Å². The van der Waals surface area contributed by atoms with Crippen LogP contribution >= 0.6 is 0 Å². The molecule has 1 aliphatic heterocycles. The molecule has 0 aromatic carbocycles. The van der Waals surface area contributed by atoms with E-state index in [-0.39, 0.29) is 6.04 Å². The van der Waals surface area contributed by atoms with Crippen LogP contribution in [-0.4, -0.2) is 61.3 Å². The highest BCUT2D eigenvalue weighted by Gasteiger charge is 2.29. The van der Waals surface area contributed by atoms with E-state index in [1.54, 1.807) is 12.4 Å². The lowest BCUT2D eigenvalue weighted by Crippen LogP contribution is -2.46. The Morgan fingerprint density at radius 3 is 2.70 bits per heavy atom. The highest BCUT2D eigenvalue weighted by molar-refractivity contribution is 5.65. The van der Waals surface area contributed by atoms with E-state index in [1.807, 2.05) is 35.8 Å². The maximum Gasteiger partial charge on any atom is 0.109 e. The summed E-state index contributed by atoms with van der Waals surface area (Å²) in [5, 5.41) is 9.01. The predicted octanol–water partition coefficient (Wildman–Crippen LogP) is 2.98. The van der Waals surface area contributed by atoms with Crippen LogP contribution in [0.15, 0.2) is 61.1 Å². The van der Waals surface area contributed by atoms with Gasteiger partial charge in [0.05, 0.1) is 17.3 Å². The molecule has 4 aromatic heterocycles. The number of piperazine rings is 1. The number of fused-ring (bicyclic) bond motifs is 1. The summed E-state index contributed by atoms with van der Waals surface area (Å²) in [5.74, 6) is 0. The van der Waals surface area contributed by atoms with E-state index in [0.717, 1.165) is 59.9 Å². The lowest BCUT2D eigenvalue weighted by Gasteiger charge is -2.38. The van der Waals surface area contributed by atoms with Gasteiger partial charge in [-0.3, -0.25) is 19.8 Å². The van der Waals surface area contributed by atoms with Gasteiger partial charge in [0.2, 0.25) is 0 Å². The van der Waals surface area contributed by atoms with E-state index in [9.17, 15) is 0 Å². The van der Waals surface area contributed by atoms with Gasteiger partial charge in [-0.15, -0.1) is 5.10 Å². The Kier molecular flexibility index (Phi) is 4.98. The fourth-order valence-corrected chi connectivity index (χ4v) is 4.15. The molecule has 5 rings (SSSR count). The molecular formula is C23H25N7. The summed E-state index contributed by atoms with van der Waals surface area (Å²) in [7, 11) is 2.17. The normalized spacial score (nSPS) is 18.1. The van der Waals surface area contributed by atoms with Crippen molar-refractivity contribution in [2.24, 2.45) is 0 Å². The van der Waals surface area contributed by atoms with Crippen LogP contribution in [0.1, 0.15) is 23.1 Å². The fraction of sp³-hybridized carbons (Fsp3) is 0.304. The van der Waals surface area contributed by atoms with Gasteiger partial charge in [-0.1, -0.05) is 17.3 Å². The second kappa shape index (κ2) is 7.93. The SMILES string of the molecule is Cc1cccc(CN2CCN(C)[C@H](c3nnn4cc(-c5ccncc5)ccc34)C2)n1. The van der Waals surface area contributed by atoms with Gasteiger partial charge in [-0.25, -0.2) is 4.52 Å². The van der Waals surface area contributed by atoms with E-state index >= 15 is 0 Å². The second-order valence-electron chi connectivity index (χ2n) is 7.96. The van der Waals surface area contributed by atoms with Gasteiger partial charge >= 0.3 is 0 Å². The first-order valence-corrected chi connectivity index (χ1v) is 10.3. The van der Waals surface area contributed by atoms with Gasteiger partial charge in [-0.2, -0.15) is 0 Å². The Morgan fingerprint density at radius 1 is 1.00 bits per heavy atom. The van der Waals surface area contributed by atoms with Crippen LogP contribution in [0, 0.1) is 6.92 Å². The molecule has 1 atom stereocenters. The monoisotopic (exact) mass is 399 g/mol. The fourth-order valence-electron chi connectivity index (χ4n) is 4.15. The van der Waals surface area contributed by atoms with Crippen molar-refractivity contribution in [2.75, 3.05) is 26.7 Å². The first kappa shape index (κ1) is 18.8. The number of aryl methyl sites for hydroxylation is 1. The maximum atomic E-state index is 4.67. The molecule has 7 heteroatoms. The van der Waals surface area contributed by atoms with Crippen molar-refractivity contribution >= 4 is 5.52 Å². The molecule has 4 aromatic rings. The topological polar surface area (TPSA) is 62.5 Å². The number of rotatable bonds is 4. The summed E-state index contributed by atoms with van der Waals surface area (Å²) in [5.41, 5.74) is 6.49. The lowest BCUT2D eigenvalue weighted by atomic mass is 10.1. The second-order valence-corrected chi connectivity index (χ2v) is 7.96. The number of hydrogen-bond acceptors (Lipinski definition) is 6. The molecule has 0 aliphatic carbocycles. The summed E-state index contributed by atoms with van der Waals surface area (Å²) >= 11 is 0. The number of likely N-dealkylation sites (N-methyl/N-ethyl adjacent to an activating group) is 1. The summed E-state index contributed by atoms with van der Waals surface area (Å²) in [6.45, 7) is 5.82. The molecular weight excluding hydrogens is 374 g/mol. The van der Waals surface area contributed by atoms with E-state index in [0.29, 0.717) is 0 Å². The maximum absolute atomic E-state index is 4.67. The minimum absolute atomic E-state index is 0.202. The zero-order valence-corrected chi connectivity index (χ0v) is 17.3. The summed E-state index contributed by atoms with van der Waals surface area (Å²) in [6.07, 6.45) is 5.65. The van der Waals surface area contributed by atoms with Gasteiger partial charge < -0.3 is 0 Å². The van der Waals surface area contributed by atoms with Crippen molar-refractivity contribution in [3.8, 4) is 11.1 Å². The smallest absolute Gasteiger partial charge is 0.109 e. The zero-order chi connectivity index (χ0) is 20.5. The molecule has 0 amide bonds. The quantitative estimate of drug-likeness (QED) is 0.526. The van der Waals surface area contributed by atoms with Crippen molar-refractivity contribution < 1.29 is 0 Å². The minimum Gasteiger partial charge on any atom is -0.295 e. The summed E-state index contributed by atoms with van der Waals surface area (Å²) in [6, 6.07) is 14.7. The van der Waals surface area contributed by atoms with E-state index in [1.165, 1.54) is 0 Å². The average molecular weight is 400 g/mol. The van der Waals surface area contributed by atoms with Crippen LogP contribution in [0.3, 0.4) is 0 Å². The molecule has 5 heterocycles. The van der Waals surface area contributed by atoms with Crippen molar-refractivity contribution in [2.45, 2.75) is 19.5 Å². The van der Waals surface area contributed by atoms with Gasteiger partial charge in [-0.05, 0) is 49.9 Å². The molecule has 1 fully saturated rings. The first-order valence-electron chi connectivity index (χ1n) is 10.3. The molecule has 0 unspecified atom stereocenters. The van der Waals surface area contributed by atoms with Gasteiger partial charge in [0.15, 0.2) is 0 Å².